The largest absolute Gasteiger partial charge is 0.509 e. The van der Waals surface area contributed by atoms with Gasteiger partial charge in [-0.05, 0) is 12.1 Å². The maximum Gasteiger partial charge on any atom is 0.509 e. The Balaban J connectivity index is 1.74. The van der Waals surface area contributed by atoms with Gasteiger partial charge in [0, 0.05) is 0 Å². The number of carbonyl (C=O) groups excluding carboxylic acids is 1. The minimum atomic E-state index is -1.88. The van der Waals surface area contributed by atoms with E-state index in [9.17, 15) is 19.2 Å². The van der Waals surface area contributed by atoms with Gasteiger partial charge < -0.3 is 24.4 Å². The molecule has 0 radical (unpaired) electrons. The topological polar surface area (TPSA) is 112 Å². The molecule has 9 heteroatoms. The molecule has 8 nitrogen and oxygen atoms in total. The summed E-state index contributed by atoms with van der Waals surface area (Å²) in [5, 5.41) is 19.4. The first kappa shape index (κ1) is 15.4. The van der Waals surface area contributed by atoms with Gasteiger partial charge in [-0.2, -0.15) is 0 Å². The maximum atomic E-state index is 12.1. The van der Waals surface area contributed by atoms with Crippen molar-refractivity contribution in [2.45, 2.75) is 35.6 Å². The monoisotopic (exact) mass is 330 g/mol. The van der Waals surface area contributed by atoms with Gasteiger partial charge in [0.2, 0.25) is 6.29 Å². The van der Waals surface area contributed by atoms with Crippen molar-refractivity contribution in [2.75, 3.05) is 6.61 Å². The van der Waals surface area contributed by atoms with Crippen LogP contribution in [0.25, 0.3) is 0 Å². The van der Waals surface area contributed by atoms with Crippen LogP contribution in [0, 0.1) is 0 Å². The number of aliphatic hydroxyl groups excluding tert-OH is 2. The van der Waals surface area contributed by atoms with E-state index in [1.807, 2.05) is 0 Å². The molecule has 3 rings (SSSR count). The fourth-order valence-corrected chi connectivity index (χ4v) is 3.14. The summed E-state index contributed by atoms with van der Waals surface area (Å²) >= 11 is -1.88. The lowest BCUT2D eigenvalue weighted by atomic mass is 10.00. The van der Waals surface area contributed by atoms with E-state index >= 15 is 0 Å². The number of benzene rings is 1. The first-order valence-corrected chi connectivity index (χ1v) is 7.63. The Bertz CT molecular complexity index is 564. The molecule has 120 valence electrons. The van der Waals surface area contributed by atoms with E-state index in [1.54, 1.807) is 30.3 Å². The van der Waals surface area contributed by atoms with Crippen LogP contribution in [0.15, 0.2) is 35.2 Å². The molecule has 2 saturated heterocycles. The van der Waals surface area contributed by atoms with Crippen molar-refractivity contribution in [1.29, 1.82) is 0 Å². The lowest BCUT2D eigenvalue weighted by molar-refractivity contribution is -0.251. The van der Waals surface area contributed by atoms with Crippen molar-refractivity contribution in [2.24, 2.45) is 0 Å². The van der Waals surface area contributed by atoms with Gasteiger partial charge in [0.15, 0.2) is 23.3 Å². The fraction of sp³-hybridized carbons (Fsp3) is 0.462. The lowest BCUT2D eigenvalue weighted by Crippen LogP contribution is -2.58. The number of rotatable bonds is 4. The van der Waals surface area contributed by atoms with Crippen molar-refractivity contribution in [3.8, 4) is 0 Å². The fourth-order valence-electron chi connectivity index (χ4n) is 2.32. The highest BCUT2D eigenvalue weighted by Crippen LogP contribution is 2.31. The van der Waals surface area contributed by atoms with E-state index < -0.39 is 54.5 Å². The predicted octanol–water partition coefficient (Wildman–Crippen LogP) is -0.292. The first-order chi connectivity index (χ1) is 10.6. The third kappa shape index (κ3) is 2.85. The highest BCUT2D eigenvalue weighted by Gasteiger charge is 2.54. The summed E-state index contributed by atoms with van der Waals surface area (Å²) < 4.78 is 32.3. The van der Waals surface area contributed by atoms with E-state index in [2.05, 4.69) is 0 Å². The van der Waals surface area contributed by atoms with Crippen LogP contribution in [0.4, 0.5) is 4.79 Å². The van der Waals surface area contributed by atoms with Gasteiger partial charge in [-0.15, -0.1) is 0 Å². The molecule has 0 aliphatic carbocycles. The van der Waals surface area contributed by atoms with Crippen molar-refractivity contribution < 1.29 is 37.6 Å². The Morgan fingerprint density at radius 3 is 2.55 bits per heavy atom. The molecule has 2 aliphatic rings. The van der Waals surface area contributed by atoms with Gasteiger partial charge in [-0.3, -0.25) is 4.18 Å². The number of ether oxygens (including phenoxy) is 3. The highest BCUT2D eigenvalue weighted by atomic mass is 32.2. The van der Waals surface area contributed by atoms with Crippen LogP contribution in [0.1, 0.15) is 0 Å². The minimum Gasteiger partial charge on any atom is -0.424 e. The molecule has 6 atom stereocenters. The van der Waals surface area contributed by atoms with E-state index in [-0.39, 0.29) is 0 Å². The summed E-state index contributed by atoms with van der Waals surface area (Å²) in [4.78, 5) is 11.6. The minimum absolute atomic E-state index is 0.389. The summed E-state index contributed by atoms with van der Waals surface area (Å²) in [5.74, 6) is 0. The van der Waals surface area contributed by atoms with Gasteiger partial charge in [-0.25, -0.2) is 9.00 Å². The predicted molar refractivity (Wildman–Crippen MR) is 70.8 cm³/mol. The van der Waals surface area contributed by atoms with Crippen LogP contribution < -0.4 is 0 Å². The first-order valence-electron chi connectivity index (χ1n) is 6.56. The second-order valence-corrected chi connectivity index (χ2v) is 5.91. The average molecular weight is 330 g/mol. The van der Waals surface area contributed by atoms with Crippen molar-refractivity contribution in [3.05, 3.63) is 30.3 Å². The number of fused-ring (bicyclic) bond motifs is 1. The van der Waals surface area contributed by atoms with Crippen LogP contribution >= 0.6 is 0 Å². The smallest absolute Gasteiger partial charge is 0.424 e. The van der Waals surface area contributed by atoms with Crippen LogP contribution in [-0.4, -0.2) is 57.9 Å². The average Bonchev–Trinajstić information content (AvgIpc) is 2.93. The molecule has 1 aromatic carbocycles. The SMILES string of the molecule is O=C1O[C@H]2[C@H](O)[C@H](OS(=O)c3ccccc3)O[C@@H](CO)[C@H]2O1. The van der Waals surface area contributed by atoms with Crippen LogP contribution in [-0.2, 0) is 29.5 Å². The van der Waals surface area contributed by atoms with E-state index in [0.717, 1.165) is 0 Å². The summed E-state index contributed by atoms with van der Waals surface area (Å²) in [7, 11) is 0. The van der Waals surface area contributed by atoms with Crippen LogP contribution in [0.3, 0.4) is 0 Å². The molecule has 2 heterocycles. The quantitative estimate of drug-likeness (QED) is 0.724. The van der Waals surface area contributed by atoms with E-state index in [1.165, 1.54) is 0 Å². The molecule has 2 fully saturated rings. The molecule has 1 aromatic rings. The molecule has 0 amide bonds. The summed E-state index contributed by atoms with van der Waals surface area (Å²) in [5.41, 5.74) is 0. The number of carbonyl (C=O) groups is 1. The molecule has 1 unspecified atom stereocenters. The van der Waals surface area contributed by atoms with Crippen molar-refractivity contribution in [1.82, 2.24) is 0 Å². The number of hydrogen-bond acceptors (Lipinski definition) is 8. The normalized spacial score (nSPS) is 35.4. The summed E-state index contributed by atoms with van der Waals surface area (Å²) in [6, 6.07) is 8.32. The van der Waals surface area contributed by atoms with Crippen LogP contribution in [0.5, 0.6) is 0 Å². The molecule has 2 aliphatic heterocycles. The Morgan fingerprint density at radius 2 is 1.86 bits per heavy atom. The standard InChI is InChI=1S/C13H14O8S/c14-6-8-10-11(20-13(16)19-10)9(15)12(18-8)21-22(17)7-4-2-1-3-5-7/h1-5,8-12,14-15H,6H2/t8-,9-,10+,11-,12-,22?/m0/s1. The second-order valence-electron chi connectivity index (χ2n) is 4.78. The summed E-state index contributed by atoms with van der Waals surface area (Å²) in [6.45, 7) is -0.470. The van der Waals surface area contributed by atoms with Gasteiger partial charge in [-0.1, -0.05) is 18.2 Å². The Hall–Kier alpha value is -1.52. The highest BCUT2D eigenvalue weighted by molar-refractivity contribution is 7.80. The molecule has 0 spiro atoms. The Kier molecular flexibility index (Phi) is 4.41. The molecular formula is C13H14O8S. The third-order valence-corrected chi connectivity index (χ3v) is 4.40. The molecule has 22 heavy (non-hydrogen) atoms. The third-order valence-electron chi connectivity index (χ3n) is 3.38. The molecular weight excluding hydrogens is 316 g/mol. The van der Waals surface area contributed by atoms with Crippen molar-refractivity contribution >= 4 is 17.2 Å². The zero-order valence-electron chi connectivity index (χ0n) is 11.2. The lowest BCUT2D eigenvalue weighted by Gasteiger charge is -2.37. The molecule has 0 bridgehead atoms. The molecule has 0 saturated carbocycles. The summed E-state index contributed by atoms with van der Waals surface area (Å²) in [6.07, 6.45) is -6.58. The zero-order valence-corrected chi connectivity index (χ0v) is 12.0. The van der Waals surface area contributed by atoms with Crippen molar-refractivity contribution in [3.63, 3.8) is 0 Å². The number of hydrogen-bond donors (Lipinski definition) is 2. The van der Waals surface area contributed by atoms with E-state index in [4.69, 9.17) is 18.4 Å². The van der Waals surface area contributed by atoms with Gasteiger partial charge in [0.05, 0.1) is 11.5 Å². The Labute approximate surface area is 128 Å². The van der Waals surface area contributed by atoms with Gasteiger partial charge in [0.1, 0.15) is 12.2 Å². The van der Waals surface area contributed by atoms with Gasteiger partial charge >= 0.3 is 6.16 Å². The van der Waals surface area contributed by atoms with E-state index in [0.29, 0.717) is 4.90 Å². The van der Waals surface area contributed by atoms with Crippen LogP contribution in [0.2, 0.25) is 0 Å². The Morgan fingerprint density at radius 1 is 1.18 bits per heavy atom. The van der Waals surface area contributed by atoms with Gasteiger partial charge in [0.25, 0.3) is 0 Å². The maximum absolute atomic E-state index is 12.1. The molecule has 0 aromatic heterocycles. The molecule has 2 N–H and O–H groups in total. The second kappa shape index (κ2) is 6.31. The zero-order chi connectivity index (χ0) is 15.7. The number of aliphatic hydroxyl groups is 2.